The SMILES string of the molecule is O=C(NCc1nnc2n1CCCCC2)c1cc(-n2cccn2)ccc1Cl. The molecule has 134 valence electrons. The molecule has 3 aromatic rings. The number of hydrogen-bond donors (Lipinski definition) is 1. The van der Waals surface area contributed by atoms with Gasteiger partial charge in [0.15, 0.2) is 5.82 Å². The van der Waals surface area contributed by atoms with Crippen molar-refractivity contribution in [1.29, 1.82) is 0 Å². The first-order valence-corrected chi connectivity index (χ1v) is 9.09. The Morgan fingerprint density at radius 3 is 3.00 bits per heavy atom. The molecule has 2 aromatic heterocycles. The third-order valence-electron chi connectivity index (χ3n) is 4.56. The van der Waals surface area contributed by atoms with Crippen molar-refractivity contribution in [2.75, 3.05) is 0 Å². The molecule has 0 bridgehead atoms. The number of nitrogens with one attached hydrogen (secondary N) is 1. The van der Waals surface area contributed by atoms with Gasteiger partial charge < -0.3 is 9.88 Å². The molecule has 1 N–H and O–H groups in total. The predicted octanol–water partition coefficient (Wildman–Crippen LogP) is 2.77. The number of hydrogen-bond acceptors (Lipinski definition) is 4. The Hall–Kier alpha value is -2.67. The molecule has 8 heteroatoms. The van der Waals surface area contributed by atoms with Gasteiger partial charge in [0, 0.05) is 25.4 Å². The Kier molecular flexibility index (Phi) is 4.71. The molecule has 0 fully saturated rings. The summed E-state index contributed by atoms with van der Waals surface area (Å²) in [6.07, 6.45) is 7.90. The van der Waals surface area contributed by atoms with E-state index in [-0.39, 0.29) is 5.91 Å². The van der Waals surface area contributed by atoms with Gasteiger partial charge in [-0.25, -0.2) is 4.68 Å². The van der Waals surface area contributed by atoms with E-state index in [1.54, 1.807) is 23.0 Å². The molecule has 0 saturated carbocycles. The molecule has 26 heavy (non-hydrogen) atoms. The fourth-order valence-corrected chi connectivity index (χ4v) is 3.39. The second-order valence-electron chi connectivity index (χ2n) is 6.29. The van der Waals surface area contributed by atoms with Gasteiger partial charge in [-0.1, -0.05) is 18.0 Å². The first kappa shape index (κ1) is 16.8. The average molecular weight is 371 g/mol. The molecular weight excluding hydrogens is 352 g/mol. The van der Waals surface area contributed by atoms with E-state index in [0.29, 0.717) is 17.1 Å². The Morgan fingerprint density at radius 2 is 2.15 bits per heavy atom. The number of fused-ring (bicyclic) bond motifs is 1. The highest BCUT2D eigenvalue weighted by Gasteiger charge is 2.17. The van der Waals surface area contributed by atoms with Crippen LogP contribution in [-0.4, -0.2) is 30.5 Å². The summed E-state index contributed by atoms with van der Waals surface area (Å²) in [5, 5.41) is 16.0. The molecule has 0 saturated heterocycles. The van der Waals surface area contributed by atoms with Gasteiger partial charge in [0.05, 0.1) is 22.8 Å². The number of nitrogens with zero attached hydrogens (tertiary/aromatic N) is 5. The van der Waals surface area contributed by atoms with Crippen molar-refractivity contribution >= 4 is 17.5 Å². The Morgan fingerprint density at radius 1 is 1.23 bits per heavy atom. The molecule has 3 heterocycles. The van der Waals surface area contributed by atoms with Crippen molar-refractivity contribution in [1.82, 2.24) is 29.9 Å². The van der Waals surface area contributed by atoms with Crippen LogP contribution in [0.5, 0.6) is 0 Å². The van der Waals surface area contributed by atoms with Crippen LogP contribution in [0.1, 0.15) is 41.3 Å². The van der Waals surface area contributed by atoms with E-state index < -0.39 is 0 Å². The molecule has 0 atom stereocenters. The van der Waals surface area contributed by atoms with Crippen LogP contribution < -0.4 is 5.32 Å². The summed E-state index contributed by atoms with van der Waals surface area (Å²) in [5.74, 6) is 1.55. The van der Waals surface area contributed by atoms with Crippen LogP contribution in [0.4, 0.5) is 0 Å². The highest BCUT2D eigenvalue weighted by Crippen LogP contribution is 2.20. The third kappa shape index (κ3) is 3.35. The molecule has 0 unspecified atom stereocenters. The van der Waals surface area contributed by atoms with E-state index in [1.165, 1.54) is 6.42 Å². The summed E-state index contributed by atoms with van der Waals surface area (Å²) >= 11 is 6.23. The van der Waals surface area contributed by atoms with Crippen LogP contribution in [-0.2, 0) is 19.5 Å². The molecule has 1 aromatic carbocycles. The molecule has 0 spiro atoms. The van der Waals surface area contributed by atoms with E-state index in [2.05, 4.69) is 25.2 Å². The zero-order valence-corrected chi connectivity index (χ0v) is 15.0. The van der Waals surface area contributed by atoms with Gasteiger partial charge in [-0.05, 0) is 37.1 Å². The summed E-state index contributed by atoms with van der Waals surface area (Å²) in [7, 11) is 0. The number of aryl methyl sites for hydroxylation is 1. The zero-order chi connectivity index (χ0) is 17.9. The van der Waals surface area contributed by atoms with Crippen LogP contribution in [0, 0.1) is 0 Å². The Balaban J connectivity index is 1.51. The highest BCUT2D eigenvalue weighted by molar-refractivity contribution is 6.33. The van der Waals surface area contributed by atoms with Gasteiger partial charge in [0.1, 0.15) is 5.82 Å². The maximum absolute atomic E-state index is 12.6. The summed E-state index contributed by atoms with van der Waals surface area (Å²) in [5.41, 5.74) is 1.19. The lowest BCUT2D eigenvalue weighted by atomic mass is 10.2. The average Bonchev–Trinajstić information content (AvgIpc) is 3.25. The summed E-state index contributed by atoms with van der Waals surface area (Å²) in [4.78, 5) is 12.6. The van der Waals surface area contributed by atoms with Gasteiger partial charge in [-0.2, -0.15) is 5.10 Å². The minimum Gasteiger partial charge on any atom is -0.345 e. The van der Waals surface area contributed by atoms with Gasteiger partial charge in [0.2, 0.25) is 0 Å². The number of benzene rings is 1. The van der Waals surface area contributed by atoms with E-state index in [0.717, 1.165) is 43.1 Å². The first-order chi connectivity index (χ1) is 12.7. The van der Waals surface area contributed by atoms with Gasteiger partial charge in [-0.3, -0.25) is 4.79 Å². The first-order valence-electron chi connectivity index (χ1n) is 8.71. The summed E-state index contributed by atoms with van der Waals surface area (Å²) in [6, 6.07) is 7.08. The predicted molar refractivity (Wildman–Crippen MR) is 97.3 cm³/mol. The molecule has 1 aliphatic rings. The minimum atomic E-state index is -0.241. The van der Waals surface area contributed by atoms with Crippen LogP contribution in [0.2, 0.25) is 5.02 Å². The number of carbonyl (C=O) groups is 1. The fraction of sp³-hybridized carbons (Fsp3) is 0.333. The van der Waals surface area contributed by atoms with Crippen molar-refractivity contribution in [3.8, 4) is 5.69 Å². The van der Waals surface area contributed by atoms with Gasteiger partial charge in [-0.15, -0.1) is 10.2 Å². The molecule has 1 amide bonds. The third-order valence-corrected chi connectivity index (χ3v) is 4.89. The van der Waals surface area contributed by atoms with E-state index in [4.69, 9.17) is 11.6 Å². The number of amides is 1. The smallest absolute Gasteiger partial charge is 0.253 e. The second kappa shape index (κ2) is 7.29. The lowest BCUT2D eigenvalue weighted by Crippen LogP contribution is -2.25. The van der Waals surface area contributed by atoms with Gasteiger partial charge in [0.25, 0.3) is 5.91 Å². The lowest BCUT2D eigenvalue weighted by Gasteiger charge is -2.10. The molecule has 7 nitrogen and oxygen atoms in total. The lowest BCUT2D eigenvalue weighted by molar-refractivity contribution is 0.0949. The van der Waals surface area contributed by atoms with E-state index in [9.17, 15) is 4.79 Å². The maximum Gasteiger partial charge on any atom is 0.253 e. The standard InChI is InChI=1S/C18H19ClN6O/c19-15-7-6-13(25-10-4-8-21-25)11-14(15)18(26)20-12-17-23-22-16-5-2-1-3-9-24(16)17/h4,6-8,10-11H,1-3,5,9,12H2,(H,20,26). The topological polar surface area (TPSA) is 77.6 Å². The number of halogens is 1. The zero-order valence-electron chi connectivity index (χ0n) is 14.2. The van der Waals surface area contributed by atoms with Crippen molar-refractivity contribution in [3.05, 3.63) is 58.9 Å². The van der Waals surface area contributed by atoms with Gasteiger partial charge >= 0.3 is 0 Å². The van der Waals surface area contributed by atoms with Crippen molar-refractivity contribution in [3.63, 3.8) is 0 Å². The summed E-state index contributed by atoms with van der Waals surface area (Å²) in [6.45, 7) is 1.23. The normalized spacial score (nSPS) is 13.9. The van der Waals surface area contributed by atoms with Crippen LogP contribution in [0.3, 0.4) is 0 Å². The maximum atomic E-state index is 12.6. The van der Waals surface area contributed by atoms with Crippen molar-refractivity contribution in [2.45, 2.75) is 38.8 Å². The highest BCUT2D eigenvalue weighted by atomic mass is 35.5. The molecule has 4 rings (SSSR count). The quantitative estimate of drug-likeness (QED) is 0.766. The Bertz CT molecular complexity index is 918. The van der Waals surface area contributed by atoms with Crippen LogP contribution in [0.25, 0.3) is 5.69 Å². The van der Waals surface area contributed by atoms with Crippen molar-refractivity contribution in [2.24, 2.45) is 0 Å². The van der Waals surface area contributed by atoms with E-state index in [1.807, 2.05) is 18.3 Å². The monoisotopic (exact) mass is 370 g/mol. The molecule has 0 aliphatic carbocycles. The molecule has 1 aliphatic heterocycles. The minimum absolute atomic E-state index is 0.241. The molecule has 0 radical (unpaired) electrons. The van der Waals surface area contributed by atoms with E-state index >= 15 is 0 Å². The molecular formula is C18H19ClN6O. The largest absolute Gasteiger partial charge is 0.345 e. The van der Waals surface area contributed by atoms with Crippen LogP contribution in [0.15, 0.2) is 36.7 Å². The Labute approximate surface area is 156 Å². The van der Waals surface area contributed by atoms with Crippen LogP contribution >= 0.6 is 11.6 Å². The number of aromatic nitrogens is 5. The fourth-order valence-electron chi connectivity index (χ4n) is 3.18. The second-order valence-corrected chi connectivity index (χ2v) is 6.70. The summed E-state index contributed by atoms with van der Waals surface area (Å²) < 4.78 is 3.81. The van der Waals surface area contributed by atoms with Crippen molar-refractivity contribution < 1.29 is 4.79 Å². The number of rotatable bonds is 4. The number of carbonyl (C=O) groups excluding carboxylic acids is 1.